The third kappa shape index (κ3) is 2.66. The fourth-order valence-corrected chi connectivity index (χ4v) is 3.55. The Morgan fingerprint density at radius 2 is 2.12 bits per heavy atom. The monoisotopic (exact) mass is 327 g/mol. The molecule has 2 aromatic rings. The van der Waals surface area contributed by atoms with Crippen LogP contribution in [-0.2, 0) is 20.9 Å². The summed E-state index contributed by atoms with van der Waals surface area (Å²) in [7, 11) is 0. The van der Waals surface area contributed by atoms with Gasteiger partial charge in [0.25, 0.3) is 0 Å². The summed E-state index contributed by atoms with van der Waals surface area (Å²) in [4.78, 5) is 31.0. The standard InChI is InChI=1S/C18H21N3O3/c1-2-24-17(23)11-21-15-6-4-3-5-14(15)19-18(21)12-9-16(22)20(10-12)13-7-8-13/h3-6,12-13H,2,7-11H2,1H3/t12-/m1/s1. The third-order valence-corrected chi connectivity index (χ3v) is 4.79. The number of hydrogen-bond acceptors (Lipinski definition) is 4. The average molecular weight is 327 g/mol. The van der Waals surface area contributed by atoms with Crippen LogP contribution in [0.15, 0.2) is 24.3 Å². The van der Waals surface area contributed by atoms with Crippen molar-refractivity contribution in [1.29, 1.82) is 0 Å². The summed E-state index contributed by atoms with van der Waals surface area (Å²) in [6.45, 7) is 3.00. The largest absolute Gasteiger partial charge is 0.465 e. The number of ether oxygens (including phenoxy) is 1. The Morgan fingerprint density at radius 3 is 2.88 bits per heavy atom. The molecule has 4 rings (SSSR count). The van der Waals surface area contributed by atoms with Crippen molar-refractivity contribution >= 4 is 22.9 Å². The highest BCUT2D eigenvalue weighted by Gasteiger charge is 2.41. The highest BCUT2D eigenvalue weighted by atomic mass is 16.5. The van der Waals surface area contributed by atoms with Crippen LogP contribution in [0.4, 0.5) is 0 Å². The van der Waals surface area contributed by atoms with Gasteiger partial charge in [-0.2, -0.15) is 0 Å². The van der Waals surface area contributed by atoms with Gasteiger partial charge in [-0.3, -0.25) is 9.59 Å². The number of aromatic nitrogens is 2. The lowest BCUT2D eigenvalue weighted by atomic mass is 10.1. The van der Waals surface area contributed by atoms with E-state index in [1.54, 1.807) is 6.92 Å². The van der Waals surface area contributed by atoms with Crippen molar-refractivity contribution in [2.24, 2.45) is 0 Å². The molecular formula is C18H21N3O3. The minimum Gasteiger partial charge on any atom is -0.465 e. The first-order chi connectivity index (χ1) is 11.7. The van der Waals surface area contributed by atoms with Crippen LogP contribution in [0.5, 0.6) is 0 Å². The average Bonchev–Trinajstić information content (AvgIpc) is 3.25. The molecule has 24 heavy (non-hydrogen) atoms. The van der Waals surface area contributed by atoms with E-state index in [9.17, 15) is 9.59 Å². The summed E-state index contributed by atoms with van der Waals surface area (Å²) in [5.74, 6) is 0.795. The molecule has 1 amide bonds. The van der Waals surface area contributed by atoms with E-state index in [-0.39, 0.29) is 24.3 Å². The summed E-state index contributed by atoms with van der Waals surface area (Å²) in [5.41, 5.74) is 1.77. The van der Waals surface area contributed by atoms with Crippen LogP contribution in [0, 0.1) is 0 Å². The molecule has 1 saturated carbocycles. The maximum absolute atomic E-state index is 12.3. The van der Waals surface area contributed by atoms with Crippen molar-refractivity contribution in [2.45, 2.75) is 44.7 Å². The Hall–Kier alpha value is -2.37. The molecule has 6 nitrogen and oxygen atoms in total. The second-order valence-electron chi connectivity index (χ2n) is 6.53. The van der Waals surface area contributed by atoms with Crippen LogP contribution >= 0.6 is 0 Å². The predicted molar refractivity (Wildman–Crippen MR) is 88.5 cm³/mol. The Kier molecular flexibility index (Phi) is 3.75. The van der Waals surface area contributed by atoms with Crippen LogP contribution in [0.2, 0.25) is 0 Å². The molecular weight excluding hydrogens is 306 g/mol. The van der Waals surface area contributed by atoms with Crippen molar-refractivity contribution in [3.05, 3.63) is 30.1 Å². The molecule has 0 radical (unpaired) electrons. The van der Waals surface area contributed by atoms with Crippen LogP contribution < -0.4 is 0 Å². The lowest BCUT2D eigenvalue weighted by Gasteiger charge is -2.16. The number of amides is 1. The zero-order valence-electron chi connectivity index (χ0n) is 13.8. The predicted octanol–water partition coefficient (Wildman–Crippen LogP) is 2.08. The second kappa shape index (κ2) is 5.92. The van der Waals surface area contributed by atoms with Gasteiger partial charge in [0.05, 0.1) is 17.6 Å². The molecule has 1 atom stereocenters. The quantitative estimate of drug-likeness (QED) is 0.789. The number of nitrogens with zero attached hydrogens (tertiary/aromatic N) is 3. The van der Waals surface area contributed by atoms with E-state index in [0.717, 1.165) is 29.7 Å². The van der Waals surface area contributed by atoms with Gasteiger partial charge in [-0.25, -0.2) is 4.98 Å². The van der Waals surface area contributed by atoms with Crippen LogP contribution in [-0.4, -0.2) is 45.5 Å². The molecule has 0 spiro atoms. The van der Waals surface area contributed by atoms with Crippen molar-refractivity contribution in [3.8, 4) is 0 Å². The van der Waals surface area contributed by atoms with Gasteiger partial charge < -0.3 is 14.2 Å². The van der Waals surface area contributed by atoms with Gasteiger partial charge in [0.2, 0.25) is 5.91 Å². The first-order valence-electron chi connectivity index (χ1n) is 8.57. The van der Waals surface area contributed by atoms with E-state index in [1.165, 1.54) is 0 Å². The first kappa shape index (κ1) is 15.2. The Balaban J connectivity index is 1.69. The summed E-state index contributed by atoms with van der Waals surface area (Å²) in [6.07, 6.45) is 2.69. The first-order valence-corrected chi connectivity index (χ1v) is 8.57. The van der Waals surface area contributed by atoms with Gasteiger partial charge in [-0.15, -0.1) is 0 Å². The topological polar surface area (TPSA) is 64.4 Å². The van der Waals surface area contributed by atoms with Crippen molar-refractivity contribution < 1.29 is 14.3 Å². The summed E-state index contributed by atoms with van der Waals surface area (Å²) in [6, 6.07) is 8.19. The van der Waals surface area contributed by atoms with Crippen molar-refractivity contribution in [1.82, 2.24) is 14.5 Å². The van der Waals surface area contributed by atoms with E-state index in [0.29, 0.717) is 25.6 Å². The van der Waals surface area contributed by atoms with Gasteiger partial charge in [0.1, 0.15) is 12.4 Å². The molecule has 1 aliphatic carbocycles. The normalized spacial score (nSPS) is 20.8. The Morgan fingerprint density at radius 1 is 1.33 bits per heavy atom. The van der Waals surface area contributed by atoms with Crippen LogP contribution in [0.3, 0.4) is 0 Å². The molecule has 0 N–H and O–H groups in total. The number of carbonyl (C=O) groups excluding carboxylic acids is 2. The smallest absolute Gasteiger partial charge is 0.326 e. The van der Waals surface area contributed by atoms with E-state index < -0.39 is 0 Å². The number of rotatable bonds is 5. The lowest BCUT2D eigenvalue weighted by molar-refractivity contribution is -0.143. The molecule has 1 aromatic carbocycles. The van der Waals surface area contributed by atoms with E-state index >= 15 is 0 Å². The molecule has 1 saturated heterocycles. The van der Waals surface area contributed by atoms with Gasteiger partial charge in [-0.05, 0) is 31.9 Å². The molecule has 0 bridgehead atoms. The van der Waals surface area contributed by atoms with Gasteiger partial charge >= 0.3 is 5.97 Å². The van der Waals surface area contributed by atoms with Crippen LogP contribution in [0.1, 0.15) is 37.9 Å². The number of hydrogen-bond donors (Lipinski definition) is 0. The summed E-state index contributed by atoms with van der Waals surface area (Å²) in [5, 5.41) is 0. The zero-order chi connectivity index (χ0) is 16.7. The fourth-order valence-electron chi connectivity index (χ4n) is 3.55. The Labute approximate surface area is 140 Å². The minimum atomic E-state index is -0.273. The third-order valence-electron chi connectivity index (χ3n) is 4.79. The second-order valence-corrected chi connectivity index (χ2v) is 6.53. The number of fused-ring (bicyclic) bond motifs is 1. The van der Waals surface area contributed by atoms with E-state index in [1.807, 2.05) is 33.7 Å². The number of imidazole rings is 1. The molecule has 2 aliphatic rings. The fraction of sp³-hybridized carbons (Fsp3) is 0.500. The summed E-state index contributed by atoms with van der Waals surface area (Å²) < 4.78 is 7.03. The van der Waals surface area contributed by atoms with Crippen molar-refractivity contribution in [3.63, 3.8) is 0 Å². The van der Waals surface area contributed by atoms with E-state index in [4.69, 9.17) is 9.72 Å². The van der Waals surface area contributed by atoms with Gasteiger partial charge in [-0.1, -0.05) is 12.1 Å². The molecule has 2 fully saturated rings. The number of esters is 1. The molecule has 2 heterocycles. The molecule has 126 valence electrons. The van der Waals surface area contributed by atoms with Crippen LogP contribution in [0.25, 0.3) is 11.0 Å². The molecule has 0 unspecified atom stereocenters. The van der Waals surface area contributed by atoms with Gasteiger partial charge in [0, 0.05) is 24.9 Å². The Bertz CT molecular complexity index is 794. The number of carbonyl (C=O) groups is 2. The SMILES string of the molecule is CCOC(=O)Cn1c([C@@H]2CC(=O)N(C3CC3)C2)nc2ccccc21. The molecule has 1 aromatic heterocycles. The number of para-hydroxylation sites is 2. The van der Waals surface area contributed by atoms with Gasteiger partial charge in [0.15, 0.2) is 0 Å². The lowest BCUT2D eigenvalue weighted by Crippen LogP contribution is -2.27. The van der Waals surface area contributed by atoms with E-state index in [2.05, 4.69) is 0 Å². The molecule has 6 heteroatoms. The summed E-state index contributed by atoms with van der Waals surface area (Å²) >= 11 is 0. The number of likely N-dealkylation sites (tertiary alicyclic amines) is 1. The number of benzene rings is 1. The highest BCUT2D eigenvalue weighted by molar-refractivity contribution is 5.82. The van der Waals surface area contributed by atoms with Crippen molar-refractivity contribution in [2.75, 3.05) is 13.2 Å². The minimum absolute atomic E-state index is 0.0416. The maximum Gasteiger partial charge on any atom is 0.326 e. The highest BCUT2D eigenvalue weighted by Crippen LogP contribution is 2.37. The maximum atomic E-state index is 12.3. The zero-order valence-corrected chi connectivity index (χ0v) is 13.8. The molecule has 1 aliphatic heterocycles.